The average molecular weight is 520 g/mol. The van der Waals surface area contributed by atoms with Crippen LogP contribution in [-0.2, 0) is 17.8 Å². The lowest BCUT2D eigenvalue weighted by Gasteiger charge is -2.13. The van der Waals surface area contributed by atoms with Crippen LogP contribution < -0.4 is 20.3 Å². The molecule has 2 aromatic heterocycles. The van der Waals surface area contributed by atoms with Crippen LogP contribution >= 0.6 is 11.3 Å². The van der Waals surface area contributed by atoms with Gasteiger partial charge in [0.1, 0.15) is 11.4 Å². The van der Waals surface area contributed by atoms with E-state index in [0.29, 0.717) is 53.8 Å². The molecule has 0 atom stereocenters. The molecule has 0 bridgehead atoms. The van der Waals surface area contributed by atoms with E-state index < -0.39 is 0 Å². The van der Waals surface area contributed by atoms with Gasteiger partial charge in [0, 0.05) is 17.5 Å². The summed E-state index contributed by atoms with van der Waals surface area (Å²) in [5.41, 5.74) is 3.88. The molecule has 0 unspecified atom stereocenters. The lowest BCUT2D eigenvalue weighted by molar-refractivity contribution is -0.121. The van der Waals surface area contributed by atoms with Crippen molar-refractivity contribution in [1.29, 1.82) is 0 Å². The van der Waals surface area contributed by atoms with Crippen LogP contribution in [0.1, 0.15) is 44.7 Å². The lowest BCUT2D eigenvalue weighted by atomic mass is 9.99. The van der Waals surface area contributed by atoms with Crippen molar-refractivity contribution in [2.45, 2.75) is 46.6 Å². The van der Waals surface area contributed by atoms with E-state index in [1.807, 2.05) is 49.6 Å². The molecule has 7 nitrogen and oxygen atoms in total. The second kappa shape index (κ2) is 12.1. The number of thiophene rings is 1. The minimum absolute atomic E-state index is 0.0865. The van der Waals surface area contributed by atoms with Gasteiger partial charge in [-0.1, -0.05) is 44.2 Å². The Morgan fingerprint density at radius 1 is 1.05 bits per heavy atom. The first-order valence-electron chi connectivity index (χ1n) is 12.6. The lowest BCUT2D eigenvalue weighted by Crippen LogP contribution is -2.33. The Hall–Kier alpha value is -3.65. The van der Waals surface area contributed by atoms with Crippen LogP contribution in [0.5, 0.6) is 11.5 Å². The Morgan fingerprint density at radius 3 is 2.49 bits per heavy atom. The van der Waals surface area contributed by atoms with Gasteiger partial charge in [-0.05, 0) is 55.0 Å². The molecule has 0 fully saturated rings. The molecule has 0 aliphatic rings. The molecule has 1 amide bonds. The summed E-state index contributed by atoms with van der Waals surface area (Å²) in [5, 5.41) is 5.42. The van der Waals surface area contributed by atoms with E-state index in [0.717, 1.165) is 16.7 Å². The third-order valence-electron chi connectivity index (χ3n) is 6.11. The number of hydrogen-bond acceptors (Lipinski definition) is 6. The number of nitrogens with zero attached hydrogens (tertiary/aromatic N) is 2. The third kappa shape index (κ3) is 6.20. The number of carbonyl (C=O) groups is 1. The number of ether oxygens (including phenoxy) is 2. The summed E-state index contributed by atoms with van der Waals surface area (Å²) in [6.45, 7) is 9.62. The first-order valence-corrected chi connectivity index (χ1v) is 13.5. The van der Waals surface area contributed by atoms with Crippen LogP contribution in [0.3, 0.4) is 0 Å². The van der Waals surface area contributed by atoms with Crippen molar-refractivity contribution < 1.29 is 14.3 Å². The van der Waals surface area contributed by atoms with Crippen molar-refractivity contribution >= 4 is 27.5 Å². The molecule has 1 N–H and O–H groups in total. The van der Waals surface area contributed by atoms with Gasteiger partial charge in [-0.15, -0.1) is 11.3 Å². The highest BCUT2D eigenvalue weighted by molar-refractivity contribution is 7.17. The van der Waals surface area contributed by atoms with Crippen LogP contribution in [0.2, 0.25) is 0 Å². The van der Waals surface area contributed by atoms with Crippen LogP contribution in [0.4, 0.5) is 0 Å². The van der Waals surface area contributed by atoms with Gasteiger partial charge in [-0.2, -0.15) is 0 Å². The molecule has 2 aromatic carbocycles. The Labute approximate surface area is 221 Å². The molecular weight excluding hydrogens is 486 g/mol. The summed E-state index contributed by atoms with van der Waals surface area (Å²) in [4.78, 5) is 31.1. The predicted octanol–water partition coefficient (Wildman–Crippen LogP) is 5.40. The highest BCUT2D eigenvalue weighted by atomic mass is 32.1. The monoisotopic (exact) mass is 519 g/mol. The SMILES string of the molecule is CCOc1ccc(CCNC(=O)Cn2cnc3scc(-c4ccc(C(C)C)cc4)c3c2=O)cc1OCC. The molecule has 2 heterocycles. The molecule has 0 saturated heterocycles. The number of rotatable bonds is 11. The first kappa shape index (κ1) is 26.4. The molecule has 37 heavy (non-hydrogen) atoms. The molecular formula is C29H33N3O4S. The zero-order valence-electron chi connectivity index (χ0n) is 21.7. The predicted molar refractivity (Wildman–Crippen MR) is 149 cm³/mol. The first-order chi connectivity index (χ1) is 17.9. The van der Waals surface area contributed by atoms with E-state index in [4.69, 9.17) is 9.47 Å². The van der Waals surface area contributed by atoms with Crippen LogP contribution in [0.25, 0.3) is 21.3 Å². The Kier molecular flexibility index (Phi) is 8.61. The second-order valence-electron chi connectivity index (χ2n) is 9.03. The number of nitrogens with one attached hydrogen (secondary N) is 1. The smallest absolute Gasteiger partial charge is 0.263 e. The topological polar surface area (TPSA) is 82.5 Å². The van der Waals surface area contributed by atoms with Gasteiger partial charge in [0.25, 0.3) is 5.56 Å². The summed E-state index contributed by atoms with van der Waals surface area (Å²) < 4.78 is 12.7. The summed E-state index contributed by atoms with van der Waals surface area (Å²) in [6.07, 6.45) is 2.08. The van der Waals surface area contributed by atoms with E-state index in [1.165, 1.54) is 27.8 Å². The minimum Gasteiger partial charge on any atom is -0.490 e. The van der Waals surface area contributed by atoms with Crippen molar-refractivity contribution in [1.82, 2.24) is 14.9 Å². The van der Waals surface area contributed by atoms with Crippen LogP contribution in [-0.4, -0.2) is 35.2 Å². The fourth-order valence-corrected chi connectivity index (χ4v) is 5.05. The van der Waals surface area contributed by atoms with E-state index in [-0.39, 0.29) is 18.0 Å². The fourth-order valence-electron chi connectivity index (χ4n) is 4.15. The van der Waals surface area contributed by atoms with Gasteiger partial charge < -0.3 is 14.8 Å². The van der Waals surface area contributed by atoms with Crippen molar-refractivity contribution in [3.05, 3.63) is 75.7 Å². The summed E-state index contributed by atoms with van der Waals surface area (Å²) in [6, 6.07) is 14.1. The van der Waals surface area contributed by atoms with Gasteiger partial charge >= 0.3 is 0 Å². The quantitative estimate of drug-likeness (QED) is 0.287. The summed E-state index contributed by atoms with van der Waals surface area (Å²) in [5.74, 6) is 1.61. The highest BCUT2D eigenvalue weighted by Crippen LogP contribution is 2.31. The molecule has 194 valence electrons. The minimum atomic E-state index is -0.239. The van der Waals surface area contributed by atoms with Crippen molar-refractivity contribution in [2.75, 3.05) is 19.8 Å². The van der Waals surface area contributed by atoms with Crippen LogP contribution in [0, 0.1) is 0 Å². The summed E-state index contributed by atoms with van der Waals surface area (Å²) in [7, 11) is 0. The molecule has 0 aliphatic carbocycles. The number of amides is 1. The molecule has 0 aliphatic heterocycles. The van der Waals surface area contributed by atoms with E-state index in [9.17, 15) is 9.59 Å². The highest BCUT2D eigenvalue weighted by Gasteiger charge is 2.15. The maximum absolute atomic E-state index is 13.3. The Bertz CT molecular complexity index is 1420. The zero-order valence-corrected chi connectivity index (χ0v) is 22.6. The average Bonchev–Trinajstić information content (AvgIpc) is 3.32. The van der Waals surface area contributed by atoms with Crippen LogP contribution in [0.15, 0.2) is 59.0 Å². The third-order valence-corrected chi connectivity index (χ3v) is 6.99. The normalized spacial score (nSPS) is 11.2. The van der Waals surface area contributed by atoms with Crippen molar-refractivity contribution in [3.63, 3.8) is 0 Å². The van der Waals surface area contributed by atoms with Gasteiger partial charge in [-0.3, -0.25) is 14.2 Å². The number of benzene rings is 2. The Morgan fingerprint density at radius 2 is 1.78 bits per heavy atom. The largest absolute Gasteiger partial charge is 0.490 e. The van der Waals surface area contributed by atoms with Crippen molar-refractivity contribution in [2.24, 2.45) is 0 Å². The number of aromatic nitrogens is 2. The molecule has 4 aromatic rings. The number of fused-ring (bicyclic) bond motifs is 1. The molecule has 0 radical (unpaired) electrons. The number of carbonyl (C=O) groups excluding carboxylic acids is 1. The molecule has 8 heteroatoms. The molecule has 0 saturated carbocycles. The van der Waals surface area contributed by atoms with Gasteiger partial charge in [0.05, 0.1) is 24.9 Å². The van der Waals surface area contributed by atoms with Gasteiger partial charge in [0.2, 0.25) is 5.91 Å². The van der Waals surface area contributed by atoms with Gasteiger partial charge in [0.15, 0.2) is 11.5 Å². The number of hydrogen-bond donors (Lipinski definition) is 1. The van der Waals surface area contributed by atoms with Crippen molar-refractivity contribution in [3.8, 4) is 22.6 Å². The Balaban J connectivity index is 1.43. The zero-order chi connectivity index (χ0) is 26.4. The van der Waals surface area contributed by atoms with E-state index in [2.05, 4.69) is 36.3 Å². The van der Waals surface area contributed by atoms with Gasteiger partial charge in [-0.25, -0.2) is 4.98 Å². The molecule has 0 spiro atoms. The van der Waals surface area contributed by atoms with E-state index >= 15 is 0 Å². The maximum Gasteiger partial charge on any atom is 0.263 e. The standard InChI is InChI=1S/C29H33N3O4S/c1-5-35-24-12-7-20(15-25(24)36-6-2)13-14-30-26(33)16-32-18-31-28-27(29(32)34)23(17-37-28)22-10-8-21(9-11-22)19(3)4/h7-12,15,17-19H,5-6,13-14,16H2,1-4H3,(H,30,33). The summed E-state index contributed by atoms with van der Waals surface area (Å²) >= 11 is 1.44. The molecule has 4 rings (SSSR count). The van der Waals surface area contributed by atoms with E-state index in [1.54, 1.807) is 0 Å². The fraction of sp³-hybridized carbons (Fsp3) is 0.345. The maximum atomic E-state index is 13.3. The second-order valence-corrected chi connectivity index (χ2v) is 9.89.